The van der Waals surface area contributed by atoms with E-state index in [-0.39, 0.29) is 5.91 Å². The van der Waals surface area contributed by atoms with Gasteiger partial charge >= 0.3 is 0 Å². The Morgan fingerprint density at radius 1 is 1.03 bits per heavy atom. The number of para-hydroxylation sites is 1. The number of hydrogen-bond donors (Lipinski definition) is 3. The van der Waals surface area contributed by atoms with Gasteiger partial charge in [-0.05, 0) is 50.2 Å². The molecular weight excluding hydrogens is 382 g/mol. The summed E-state index contributed by atoms with van der Waals surface area (Å²) >= 11 is 0. The van der Waals surface area contributed by atoms with Gasteiger partial charge in [0, 0.05) is 29.7 Å². The van der Waals surface area contributed by atoms with Crippen LogP contribution in [0.4, 0.5) is 23.1 Å². The van der Waals surface area contributed by atoms with Crippen LogP contribution in [0, 0.1) is 6.92 Å². The van der Waals surface area contributed by atoms with Crippen LogP contribution in [0.2, 0.25) is 0 Å². The average Bonchev–Trinajstić information content (AvgIpc) is 2.74. The summed E-state index contributed by atoms with van der Waals surface area (Å²) in [6, 6.07) is 14.6. The average molecular weight is 405 g/mol. The maximum absolute atomic E-state index is 12.7. The van der Waals surface area contributed by atoms with Gasteiger partial charge in [0.05, 0.1) is 5.56 Å². The molecule has 4 rings (SSSR count). The zero-order valence-corrected chi connectivity index (χ0v) is 16.9. The molecule has 3 N–H and O–H groups in total. The lowest BCUT2D eigenvalue weighted by Crippen LogP contribution is -2.20. The van der Waals surface area contributed by atoms with Crippen molar-refractivity contribution in [3.05, 3.63) is 59.8 Å². The Balaban J connectivity index is 1.45. The molecule has 0 bridgehead atoms. The summed E-state index contributed by atoms with van der Waals surface area (Å²) in [5.41, 5.74) is 2.83. The fourth-order valence-corrected chi connectivity index (χ4v) is 3.11. The molecule has 154 valence electrons. The number of fused-ring (bicyclic) bond motifs is 1. The summed E-state index contributed by atoms with van der Waals surface area (Å²) < 4.78 is 11.2. The number of nitrogens with zero attached hydrogens (tertiary/aromatic N) is 2. The third-order valence-corrected chi connectivity index (χ3v) is 4.42. The Labute approximate surface area is 174 Å². The van der Waals surface area contributed by atoms with Gasteiger partial charge in [-0.25, -0.2) is 4.98 Å². The molecule has 0 saturated carbocycles. The molecule has 8 heteroatoms. The summed E-state index contributed by atoms with van der Waals surface area (Å²) in [7, 11) is 0. The second-order valence-electron chi connectivity index (χ2n) is 6.73. The van der Waals surface area contributed by atoms with Gasteiger partial charge < -0.3 is 25.4 Å². The van der Waals surface area contributed by atoms with E-state index >= 15 is 0 Å². The molecule has 0 unspecified atom stereocenters. The molecule has 2 heterocycles. The maximum Gasteiger partial charge on any atom is 0.259 e. The highest BCUT2D eigenvalue weighted by Crippen LogP contribution is 2.34. The normalized spacial score (nSPS) is 12.2. The number of aromatic nitrogens is 2. The lowest BCUT2D eigenvalue weighted by atomic mass is 10.1. The molecule has 8 nitrogen and oxygen atoms in total. The molecule has 1 aliphatic rings. The number of aryl methyl sites for hydroxylation is 1. The summed E-state index contributed by atoms with van der Waals surface area (Å²) in [5.74, 6) is 2.10. The van der Waals surface area contributed by atoms with Crippen LogP contribution >= 0.6 is 0 Å². The summed E-state index contributed by atoms with van der Waals surface area (Å²) in [6.07, 6.45) is 0. The first-order valence-electron chi connectivity index (χ1n) is 9.79. The number of rotatable bonds is 6. The van der Waals surface area contributed by atoms with E-state index in [9.17, 15) is 4.79 Å². The van der Waals surface area contributed by atoms with Crippen molar-refractivity contribution in [3.8, 4) is 11.5 Å². The van der Waals surface area contributed by atoms with Crippen molar-refractivity contribution < 1.29 is 14.3 Å². The van der Waals surface area contributed by atoms with E-state index in [2.05, 4.69) is 25.9 Å². The van der Waals surface area contributed by atoms with E-state index < -0.39 is 0 Å². The molecular formula is C22H23N5O3. The highest BCUT2D eigenvalue weighted by atomic mass is 16.6. The van der Waals surface area contributed by atoms with Crippen molar-refractivity contribution in [1.82, 2.24) is 9.97 Å². The van der Waals surface area contributed by atoms with E-state index in [1.807, 2.05) is 44.2 Å². The summed E-state index contributed by atoms with van der Waals surface area (Å²) in [4.78, 5) is 21.5. The van der Waals surface area contributed by atoms with Crippen LogP contribution in [0.5, 0.6) is 11.5 Å². The molecule has 0 aliphatic carbocycles. The first kappa shape index (κ1) is 19.5. The minimum atomic E-state index is -0.250. The van der Waals surface area contributed by atoms with Crippen LogP contribution in [0.1, 0.15) is 23.0 Å². The van der Waals surface area contributed by atoms with Crippen LogP contribution in [0.3, 0.4) is 0 Å². The smallest absolute Gasteiger partial charge is 0.259 e. The molecule has 30 heavy (non-hydrogen) atoms. The highest BCUT2D eigenvalue weighted by molar-refractivity contribution is 6.06. The molecule has 0 atom stereocenters. The van der Waals surface area contributed by atoms with Crippen molar-refractivity contribution in [2.75, 3.05) is 35.7 Å². The first-order chi connectivity index (χ1) is 14.6. The third kappa shape index (κ3) is 4.43. The Kier molecular flexibility index (Phi) is 5.65. The van der Waals surface area contributed by atoms with E-state index in [1.165, 1.54) is 0 Å². The van der Waals surface area contributed by atoms with Gasteiger partial charge in [0.2, 0.25) is 5.95 Å². The van der Waals surface area contributed by atoms with Gasteiger partial charge in [-0.15, -0.1) is 0 Å². The van der Waals surface area contributed by atoms with Crippen LogP contribution in [0.25, 0.3) is 0 Å². The highest BCUT2D eigenvalue weighted by Gasteiger charge is 2.20. The van der Waals surface area contributed by atoms with Gasteiger partial charge in [0.15, 0.2) is 11.5 Å². The standard InChI is InChI=1S/C22H23N5O3/c1-3-23-22-24-14(2)13-19(27-22)25-15-7-9-16(10-8-15)26-21(28)17-5-4-6-18-20(17)30-12-11-29-18/h4-10,13H,3,11-12H2,1-2H3,(H,26,28)(H2,23,24,25,27). The number of benzene rings is 2. The van der Waals surface area contributed by atoms with Gasteiger partial charge in [-0.3, -0.25) is 4.79 Å². The number of carbonyl (C=O) groups excluding carboxylic acids is 1. The number of amides is 1. The quantitative estimate of drug-likeness (QED) is 0.571. The van der Waals surface area contributed by atoms with E-state index in [0.29, 0.717) is 47.7 Å². The van der Waals surface area contributed by atoms with Crippen LogP contribution in [-0.2, 0) is 0 Å². The predicted molar refractivity (Wildman–Crippen MR) is 116 cm³/mol. The maximum atomic E-state index is 12.7. The molecule has 1 amide bonds. The predicted octanol–water partition coefficient (Wildman–Crippen LogP) is 3.98. The monoisotopic (exact) mass is 405 g/mol. The first-order valence-corrected chi connectivity index (χ1v) is 9.79. The lowest BCUT2D eigenvalue weighted by Gasteiger charge is -2.20. The Bertz CT molecular complexity index is 1050. The molecule has 0 fully saturated rings. The van der Waals surface area contributed by atoms with E-state index in [0.717, 1.165) is 17.9 Å². The van der Waals surface area contributed by atoms with Crippen LogP contribution in [0.15, 0.2) is 48.5 Å². The molecule has 1 aromatic heterocycles. The molecule has 3 aromatic rings. The minimum absolute atomic E-state index is 0.250. The number of carbonyl (C=O) groups is 1. The van der Waals surface area contributed by atoms with Crippen molar-refractivity contribution in [3.63, 3.8) is 0 Å². The van der Waals surface area contributed by atoms with Crippen LogP contribution in [-0.4, -0.2) is 35.6 Å². The third-order valence-electron chi connectivity index (χ3n) is 4.42. The van der Waals surface area contributed by atoms with Gasteiger partial charge in [0.1, 0.15) is 19.0 Å². The van der Waals surface area contributed by atoms with E-state index in [1.54, 1.807) is 18.2 Å². The van der Waals surface area contributed by atoms with Gasteiger partial charge in [0.25, 0.3) is 5.91 Å². The fraction of sp³-hybridized carbons (Fsp3) is 0.227. The zero-order chi connectivity index (χ0) is 20.9. The second-order valence-corrected chi connectivity index (χ2v) is 6.73. The summed E-state index contributed by atoms with van der Waals surface area (Å²) in [6.45, 7) is 5.57. The Hall–Kier alpha value is -3.81. The lowest BCUT2D eigenvalue weighted by molar-refractivity contribution is 0.101. The number of nitrogens with one attached hydrogen (secondary N) is 3. The molecule has 0 radical (unpaired) electrons. The van der Waals surface area contributed by atoms with E-state index in [4.69, 9.17) is 9.47 Å². The Morgan fingerprint density at radius 3 is 2.60 bits per heavy atom. The zero-order valence-electron chi connectivity index (χ0n) is 16.9. The van der Waals surface area contributed by atoms with Gasteiger partial charge in [-0.1, -0.05) is 6.07 Å². The van der Waals surface area contributed by atoms with Crippen LogP contribution < -0.4 is 25.4 Å². The second kappa shape index (κ2) is 8.69. The van der Waals surface area contributed by atoms with Crippen molar-refractivity contribution >= 4 is 29.0 Å². The largest absolute Gasteiger partial charge is 0.486 e. The number of hydrogen-bond acceptors (Lipinski definition) is 7. The van der Waals surface area contributed by atoms with Crippen molar-refractivity contribution in [2.24, 2.45) is 0 Å². The summed E-state index contributed by atoms with van der Waals surface area (Å²) in [5, 5.41) is 9.27. The fourth-order valence-electron chi connectivity index (χ4n) is 3.11. The molecule has 0 spiro atoms. The number of ether oxygens (including phenoxy) is 2. The number of anilines is 4. The van der Waals surface area contributed by atoms with Crippen molar-refractivity contribution in [1.29, 1.82) is 0 Å². The topological polar surface area (TPSA) is 97.4 Å². The van der Waals surface area contributed by atoms with Gasteiger partial charge in [-0.2, -0.15) is 4.98 Å². The SMILES string of the molecule is CCNc1nc(C)cc(Nc2ccc(NC(=O)c3cccc4c3OCCO4)cc2)n1. The molecule has 0 saturated heterocycles. The molecule has 1 aliphatic heterocycles. The molecule has 2 aromatic carbocycles. The Morgan fingerprint density at radius 2 is 1.80 bits per heavy atom. The minimum Gasteiger partial charge on any atom is -0.486 e. The van der Waals surface area contributed by atoms with Crippen molar-refractivity contribution in [2.45, 2.75) is 13.8 Å².